The van der Waals surface area contributed by atoms with Crippen molar-refractivity contribution in [2.75, 3.05) is 0 Å². The Kier molecular flexibility index (Phi) is 4.25. The Morgan fingerprint density at radius 1 is 1.36 bits per heavy atom. The SMILES string of the molecule is B.N#Cc1c(F)cc(C(=O)Cl)cc1F. The standard InChI is InChI=1S/C8H2ClF2NO.BH3/c9-8(13)4-1-6(10)5(3-12)7(11)2-4;/h1-2H;1H3. The van der Waals surface area contributed by atoms with Crippen molar-refractivity contribution in [3.63, 3.8) is 0 Å². The van der Waals surface area contributed by atoms with E-state index in [-0.39, 0.29) is 14.0 Å². The van der Waals surface area contributed by atoms with E-state index in [0.29, 0.717) is 0 Å². The van der Waals surface area contributed by atoms with Gasteiger partial charge in [0.2, 0.25) is 0 Å². The topological polar surface area (TPSA) is 40.9 Å². The zero-order valence-electron chi connectivity index (χ0n) is 6.14. The van der Waals surface area contributed by atoms with Crippen molar-refractivity contribution in [2.45, 2.75) is 0 Å². The molecule has 0 spiro atoms. The summed E-state index contributed by atoms with van der Waals surface area (Å²) in [5.41, 5.74) is -1.03. The Morgan fingerprint density at radius 3 is 2.07 bits per heavy atom. The molecule has 0 saturated heterocycles. The average molecular weight is 215 g/mol. The van der Waals surface area contributed by atoms with Crippen molar-refractivity contribution < 1.29 is 13.6 Å². The van der Waals surface area contributed by atoms with Crippen molar-refractivity contribution >= 4 is 25.3 Å². The minimum absolute atomic E-state index is 0. The fourth-order valence-electron chi connectivity index (χ4n) is 0.793. The van der Waals surface area contributed by atoms with E-state index >= 15 is 0 Å². The van der Waals surface area contributed by atoms with Crippen LogP contribution in [0.15, 0.2) is 12.1 Å². The smallest absolute Gasteiger partial charge is 0.252 e. The van der Waals surface area contributed by atoms with Gasteiger partial charge in [0.25, 0.3) is 5.24 Å². The zero-order chi connectivity index (χ0) is 10.0. The third-order valence-electron chi connectivity index (χ3n) is 1.38. The lowest BCUT2D eigenvalue weighted by Gasteiger charge is -1.97. The van der Waals surface area contributed by atoms with Gasteiger partial charge in [-0.1, -0.05) is 0 Å². The van der Waals surface area contributed by atoms with Gasteiger partial charge in [0.05, 0.1) is 8.41 Å². The fourth-order valence-corrected chi connectivity index (χ4v) is 0.903. The van der Waals surface area contributed by atoms with Crippen LogP contribution >= 0.6 is 11.6 Å². The predicted octanol–water partition coefficient (Wildman–Crippen LogP) is 1.03. The zero-order valence-corrected chi connectivity index (χ0v) is 6.90. The predicted molar refractivity (Wildman–Crippen MR) is 51.2 cm³/mol. The van der Waals surface area contributed by atoms with Gasteiger partial charge in [0.1, 0.15) is 23.3 Å². The summed E-state index contributed by atoms with van der Waals surface area (Å²) in [7, 11) is 0. The van der Waals surface area contributed by atoms with E-state index in [2.05, 4.69) is 0 Å². The highest BCUT2D eigenvalue weighted by Crippen LogP contribution is 2.15. The van der Waals surface area contributed by atoms with Crippen molar-refractivity contribution in [2.24, 2.45) is 0 Å². The number of nitriles is 1. The van der Waals surface area contributed by atoms with E-state index in [4.69, 9.17) is 16.9 Å². The molecule has 1 aromatic rings. The molecule has 0 aromatic heterocycles. The van der Waals surface area contributed by atoms with Crippen molar-refractivity contribution in [1.82, 2.24) is 0 Å². The van der Waals surface area contributed by atoms with E-state index in [1.54, 1.807) is 0 Å². The summed E-state index contributed by atoms with van der Waals surface area (Å²) in [4.78, 5) is 10.5. The van der Waals surface area contributed by atoms with Crippen molar-refractivity contribution in [3.8, 4) is 6.07 Å². The minimum Gasteiger partial charge on any atom is -0.276 e. The van der Waals surface area contributed by atoms with Crippen LogP contribution in [0.2, 0.25) is 0 Å². The van der Waals surface area contributed by atoms with Crippen LogP contribution in [0.1, 0.15) is 15.9 Å². The quantitative estimate of drug-likeness (QED) is 0.519. The average Bonchev–Trinajstić information content (AvgIpc) is 2.03. The van der Waals surface area contributed by atoms with Crippen LogP contribution in [0.4, 0.5) is 8.78 Å². The Labute approximate surface area is 85.7 Å². The van der Waals surface area contributed by atoms with E-state index in [9.17, 15) is 13.6 Å². The number of benzene rings is 1. The van der Waals surface area contributed by atoms with Gasteiger partial charge in [-0.15, -0.1) is 0 Å². The van der Waals surface area contributed by atoms with Crippen LogP contribution in [0.25, 0.3) is 0 Å². The van der Waals surface area contributed by atoms with Crippen LogP contribution in [0.3, 0.4) is 0 Å². The van der Waals surface area contributed by atoms with E-state index < -0.39 is 22.4 Å². The summed E-state index contributed by atoms with van der Waals surface area (Å²) in [5.74, 6) is -2.18. The normalized spacial score (nSPS) is 8.71. The molecule has 0 saturated carbocycles. The van der Waals surface area contributed by atoms with Crippen molar-refractivity contribution in [1.29, 1.82) is 5.26 Å². The molecule has 2 nitrogen and oxygen atoms in total. The molecule has 0 unspecified atom stereocenters. The summed E-state index contributed by atoms with van der Waals surface area (Å²) >= 11 is 4.99. The molecule has 0 aliphatic carbocycles. The van der Waals surface area contributed by atoms with Gasteiger partial charge in [-0.3, -0.25) is 4.79 Å². The van der Waals surface area contributed by atoms with Crippen LogP contribution in [0, 0.1) is 23.0 Å². The summed E-state index contributed by atoms with van der Waals surface area (Å²) in [5, 5.41) is 7.31. The van der Waals surface area contributed by atoms with Gasteiger partial charge in [-0.25, -0.2) is 8.78 Å². The van der Waals surface area contributed by atoms with Gasteiger partial charge in [0.15, 0.2) is 0 Å². The Balaban J connectivity index is 0.00000169. The molecule has 14 heavy (non-hydrogen) atoms. The molecular weight excluding hydrogens is 210 g/mol. The van der Waals surface area contributed by atoms with Gasteiger partial charge in [-0.2, -0.15) is 5.26 Å². The number of halogens is 3. The fraction of sp³-hybridized carbons (Fsp3) is 0. The van der Waals surface area contributed by atoms with Gasteiger partial charge in [0, 0.05) is 5.56 Å². The molecule has 0 aliphatic rings. The van der Waals surface area contributed by atoms with E-state index in [0.717, 1.165) is 12.1 Å². The van der Waals surface area contributed by atoms with E-state index in [1.807, 2.05) is 0 Å². The first kappa shape index (κ1) is 12.6. The second-order valence-electron chi connectivity index (χ2n) is 2.20. The molecule has 1 rings (SSSR count). The number of nitrogens with zero attached hydrogens (tertiary/aromatic N) is 1. The van der Waals surface area contributed by atoms with Crippen LogP contribution in [0.5, 0.6) is 0 Å². The summed E-state index contributed by atoms with van der Waals surface area (Å²) in [6, 6.07) is 2.76. The molecule has 0 amide bonds. The highest BCUT2D eigenvalue weighted by atomic mass is 35.5. The van der Waals surface area contributed by atoms with Crippen molar-refractivity contribution in [3.05, 3.63) is 34.9 Å². The Bertz CT molecular complexity index is 393. The summed E-state index contributed by atoms with van der Waals surface area (Å²) in [6.45, 7) is 0. The van der Waals surface area contributed by atoms with Crippen LogP contribution in [-0.2, 0) is 0 Å². The lowest BCUT2D eigenvalue weighted by Crippen LogP contribution is -1.96. The van der Waals surface area contributed by atoms with Crippen LogP contribution in [-0.4, -0.2) is 13.7 Å². The lowest BCUT2D eigenvalue weighted by molar-refractivity contribution is 0.108. The third-order valence-corrected chi connectivity index (χ3v) is 1.60. The Morgan fingerprint density at radius 2 is 1.79 bits per heavy atom. The number of hydrogen-bond acceptors (Lipinski definition) is 2. The Hall–Kier alpha value is -1.41. The third kappa shape index (κ3) is 2.30. The number of carbonyl (C=O) groups is 1. The lowest BCUT2D eigenvalue weighted by atomic mass is 10.1. The number of rotatable bonds is 1. The largest absolute Gasteiger partial charge is 0.276 e. The highest BCUT2D eigenvalue weighted by molar-refractivity contribution is 6.67. The first-order valence-corrected chi connectivity index (χ1v) is 3.53. The highest BCUT2D eigenvalue weighted by Gasteiger charge is 2.13. The molecule has 0 fully saturated rings. The second kappa shape index (κ2) is 4.73. The molecule has 72 valence electrons. The molecule has 1 aromatic carbocycles. The van der Waals surface area contributed by atoms with Gasteiger partial charge >= 0.3 is 0 Å². The summed E-state index contributed by atoms with van der Waals surface area (Å²) in [6.07, 6.45) is 0. The monoisotopic (exact) mass is 215 g/mol. The van der Waals surface area contributed by atoms with E-state index in [1.165, 1.54) is 6.07 Å². The maximum Gasteiger partial charge on any atom is 0.252 e. The molecule has 0 atom stereocenters. The molecular formula is C8H5BClF2NO. The first-order chi connectivity index (χ1) is 6.06. The second-order valence-corrected chi connectivity index (χ2v) is 2.54. The van der Waals surface area contributed by atoms with Gasteiger partial charge in [-0.05, 0) is 23.7 Å². The number of hydrogen-bond donors (Lipinski definition) is 0. The molecule has 0 aliphatic heterocycles. The molecule has 0 radical (unpaired) electrons. The maximum absolute atomic E-state index is 12.8. The summed E-state index contributed by atoms with van der Waals surface area (Å²) < 4.78 is 25.6. The minimum atomic E-state index is -1.09. The van der Waals surface area contributed by atoms with Crippen LogP contribution < -0.4 is 0 Å². The van der Waals surface area contributed by atoms with Gasteiger partial charge < -0.3 is 0 Å². The first-order valence-electron chi connectivity index (χ1n) is 3.15. The molecule has 0 bridgehead atoms. The molecule has 6 heteroatoms. The number of carbonyl (C=O) groups excluding carboxylic acids is 1. The molecule has 0 heterocycles. The molecule has 0 N–H and O–H groups in total. The maximum atomic E-state index is 12.8.